The summed E-state index contributed by atoms with van der Waals surface area (Å²) in [5.74, 6) is 7.42. The van der Waals surface area contributed by atoms with Gasteiger partial charge in [0, 0.05) is 74.3 Å². The van der Waals surface area contributed by atoms with E-state index in [1.54, 1.807) is 6.92 Å². The number of terminal acetylenes is 1. The van der Waals surface area contributed by atoms with Crippen molar-refractivity contribution >= 4 is 27.5 Å². The molecule has 8 rings (SSSR count). The Bertz CT molecular complexity index is 2060. The monoisotopic (exact) mass is 663 g/mol. The van der Waals surface area contributed by atoms with Crippen LogP contribution in [0.3, 0.4) is 0 Å². The molecule has 0 spiro atoms. The number of phenolic OH excluding ortho intramolecular Hbond substituents is 1. The molecule has 252 valence electrons. The molecular formula is C38H39F2N7O2. The Morgan fingerprint density at radius 1 is 1.04 bits per heavy atom. The number of halogens is 2. The van der Waals surface area contributed by atoms with Gasteiger partial charge in [0.15, 0.2) is 5.82 Å². The number of rotatable bonds is 7. The Morgan fingerprint density at radius 3 is 2.49 bits per heavy atom. The summed E-state index contributed by atoms with van der Waals surface area (Å²) in [5, 5.41) is 15.5. The molecule has 2 N–H and O–H groups in total. The van der Waals surface area contributed by atoms with Crippen molar-refractivity contribution < 1.29 is 18.6 Å². The van der Waals surface area contributed by atoms with Gasteiger partial charge in [-0.3, -0.25) is 0 Å². The van der Waals surface area contributed by atoms with Crippen molar-refractivity contribution in [2.45, 2.75) is 44.7 Å². The van der Waals surface area contributed by atoms with E-state index in [0.717, 1.165) is 58.4 Å². The number of nitrogens with one attached hydrogen (secondary N) is 1. The minimum Gasteiger partial charge on any atom is -0.508 e. The standard InChI is InChI=1S/C38H39F2N7O2/c1-4-6-30-32-35(33(40)34(42-30)28-18-26(48)17-23-7-10-29(39)27(5-2)31(23)28)43-37(44-36(32)47-19-24-8-9-25(20-47)41-24)49-22-38(11-12-38)21-46-15-13-45(3)14-16-46/h2,7,10,17-18,24-25,41,48H,8-9,11-16,19-22H2,1,3H3/t24-,25+. The van der Waals surface area contributed by atoms with E-state index < -0.39 is 11.6 Å². The highest BCUT2D eigenvalue weighted by atomic mass is 19.1. The summed E-state index contributed by atoms with van der Waals surface area (Å²) < 4.78 is 38.6. The number of phenols is 1. The van der Waals surface area contributed by atoms with E-state index in [9.17, 15) is 5.11 Å². The van der Waals surface area contributed by atoms with Gasteiger partial charge in [-0.25, -0.2) is 13.8 Å². The summed E-state index contributed by atoms with van der Waals surface area (Å²) in [6.07, 6.45) is 9.97. The van der Waals surface area contributed by atoms with Crippen LogP contribution in [0.1, 0.15) is 43.9 Å². The van der Waals surface area contributed by atoms with Crippen LogP contribution in [0.5, 0.6) is 11.8 Å². The second-order valence-corrected chi connectivity index (χ2v) is 14.1. The lowest BCUT2D eigenvalue weighted by atomic mass is 9.95. The zero-order valence-electron chi connectivity index (χ0n) is 27.8. The Labute approximate surface area is 284 Å². The normalized spacial score (nSPS) is 21.8. The first-order valence-electron chi connectivity index (χ1n) is 17.0. The second kappa shape index (κ2) is 12.4. The summed E-state index contributed by atoms with van der Waals surface area (Å²) >= 11 is 0. The summed E-state index contributed by atoms with van der Waals surface area (Å²) in [5.41, 5.74) is 0.263. The molecule has 5 heterocycles. The zero-order valence-corrected chi connectivity index (χ0v) is 27.8. The van der Waals surface area contributed by atoms with Crippen molar-refractivity contribution in [2.24, 2.45) is 5.41 Å². The number of ether oxygens (including phenoxy) is 1. The third-order valence-corrected chi connectivity index (χ3v) is 10.6. The molecule has 1 saturated carbocycles. The molecule has 0 unspecified atom stereocenters. The SMILES string of the molecule is C#Cc1c(F)ccc2cc(O)cc(-c3nc(C#CC)c4c(N5C[C@H]6CC[C@@H](C5)N6)nc(OCC5(CN6CCN(C)CC6)CC5)nc4c3F)c12. The second-order valence-electron chi connectivity index (χ2n) is 14.1. The minimum absolute atomic E-state index is 0.00713. The van der Waals surface area contributed by atoms with Gasteiger partial charge in [-0.2, -0.15) is 9.97 Å². The Hall–Kier alpha value is -4.55. The van der Waals surface area contributed by atoms with Crippen molar-refractivity contribution in [1.82, 2.24) is 30.1 Å². The van der Waals surface area contributed by atoms with Crippen molar-refractivity contribution in [3.63, 3.8) is 0 Å². The average molecular weight is 664 g/mol. The Morgan fingerprint density at radius 2 is 1.80 bits per heavy atom. The number of piperazine rings is 2. The molecule has 2 aromatic carbocycles. The number of likely N-dealkylation sites (N-methyl/N-ethyl adjacent to an activating group) is 1. The van der Waals surface area contributed by atoms with E-state index in [2.05, 4.69) is 44.8 Å². The van der Waals surface area contributed by atoms with E-state index in [0.29, 0.717) is 48.4 Å². The maximum Gasteiger partial charge on any atom is 0.319 e. The highest BCUT2D eigenvalue weighted by Gasteiger charge is 2.45. The summed E-state index contributed by atoms with van der Waals surface area (Å²) in [6.45, 7) is 8.59. The molecule has 2 atom stereocenters. The molecule has 0 amide bonds. The van der Waals surface area contributed by atoms with Crippen LogP contribution in [0.4, 0.5) is 14.6 Å². The van der Waals surface area contributed by atoms with Crippen LogP contribution in [-0.4, -0.2) is 101 Å². The number of fused-ring (bicyclic) bond motifs is 4. The fourth-order valence-corrected chi connectivity index (χ4v) is 7.76. The maximum absolute atomic E-state index is 17.2. The first-order valence-corrected chi connectivity index (χ1v) is 17.0. The number of aromatic hydroxyl groups is 1. The van der Waals surface area contributed by atoms with Gasteiger partial charge in [0.1, 0.15) is 34.3 Å². The van der Waals surface area contributed by atoms with E-state index in [4.69, 9.17) is 26.1 Å². The zero-order chi connectivity index (χ0) is 33.9. The number of aromatic nitrogens is 3. The molecule has 4 fully saturated rings. The van der Waals surface area contributed by atoms with E-state index >= 15 is 8.78 Å². The predicted molar refractivity (Wildman–Crippen MR) is 186 cm³/mol. The minimum atomic E-state index is -0.749. The van der Waals surface area contributed by atoms with Crippen LogP contribution in [0, 0.1) is 41.2 Å². The Balaban J connectivity index is 1.27. The molecule has 0 radical (unpaired) electrons. The van der Waals surface area contributed by atoms with Gasteiger partial charge in [-0.15, -0.1) is 6.42 Å². The predicted octanol–water partition coefficient (Wildman–Crippen LogP) is 4.53. The highest BCUT2D eigenvalue weighted by Crippen LogP contribution is 2.47. The summed E-state index contributed by atoms with van der Waals surface area (Å²) in [7, 11) is 2.15. The lowest BCUT2D eigenvalue weighted by molar-refractivity contribution is 0.107. The average Bonchev–Trinajstić information content (AvgIpc) is 3.78. The quantitative estimate of drug-likeness (QED) is 0.277. The molecule has 2 aromatic heterocycles. The van der Waals surface area contributed by atoms with Gasteiger partial charge in [-0.1, -0.05) is 17.9 Å². The molecule has 49 heavy (non-hydrogen) atoms. The molecule has 4 aromatic rings. The molecule has 3 saturated heterocycles. The van der Waals surface area contributed by atoms with Gasteiger partial charge < -0.3 is 29.9 Å². The fourth-order valence-electron chi connectivity index (χ4n) is 7.76. The largest absolute Gasteiger partial charge is 0.508 e. The lowest BCUT2D eigenvalue weighted by Crippen LogP contribution is -2.51. The molecular weight excluding hydrogens is 624 g/mol. The fraction of sp³-hybridized carbons (Fsp3) is 0.447. The Kier molecular flexibility index (Phi) is 8.02. The van der Waals surface area contributed by atoms with E-state index in [1.807, 2.05) is 0 Å². The van der Waals surface area contributed by atoms with Crippen LogP contribution in [0.2, 0.25) is 0 Å². The molecule has 3 aliphatic heterocycles. The lowest BCUT2D eigenvalue weighted by Gasteiger charge is -2.35. The number of anilines is 1. The van der Waals surface area contributed by atoms with Crippen LogP contribution >= 0.6 is 0 Å². The number of nitrogens with zero attached hydrogens (tertiary/aromatic N) is 6. The number of benzene rings is 2. The number of pyridine rings is 1. The molecule has 11 heteroatoms. The topological polar surface area (TPSA) is 89.9 Å². The highest BCUT2D eigenvalue weighted by molar-refractivity contribution is 6.04. The van der Waals surface area contributed by atoms with Gasteiger partial charge in [0.05, 0.1) is 17.6 Å². The van der Waals surface area contributed by atoms with Gasteiger partial charge in [0.2, 0.25) is 0 Å². The van der Waals surface area contributed by atoms with Crippen LogP contribution in [0.15, 0.2) is 24.3 Å². The smallest absolute Gasteiger partial charge is 0.319 e. The van der Waals surface area contributed by atoms with Crippen molar-refractivity contribution in [1.29, 1.82) is 0 Å². The van der Waals surface area contributed by atoms with Crippen molar-refractivity contribution in [3.8, 4) is 47.2 Å². The van der Waals surface area contributed by atoms with Crippen molar-refractivity contribution in [2.75, 3.05) is 64.4 Å². The van der Waals surface area contributed by atoms with E-state index in [1.165, 1.54) is 24.3 Å². The molecule has 4 aliphatic rings. The third-order valence-electron chi connectivity index (χ3n) is 10.6. The molecule has 9 nitrogen and oxygen atoms in total. The van der Waals surface area contributed by atoms with Gasteiger partial charge in [0.25, 0.3) is 0 Å². The van der Waals surface area contributed by atoms with Crippen molar-refractivity contribution in [3.05, 3.63) is 47.2 Å². The molecule has 1 aliphatic carbocycles. The van der Waals surface area contributed by atoms with Gasteiger partial charge in [-0.05, 0) is 69.2 Å². The maximum atomic E-state index is 17.2. The number of hydrogen-bond acceptors (Lipinski definition) is 9. The first kappa shape index (κ1) is 31.7. The first-order chi connectivity index (χ1) is 23.7. The summed E-state index contributed by atoms with van der Waals surface area (Å²) in [6, 6.07) is 6.23. The number of hydrogen-bond donors (Lipinski definition) is 2. The third kappa shape index (κ3) is 5.90. The summed E-state index contributed by atoms with van der Waals surface area (Å²) in [4.78, 5) is 21.4. The van der Waals surface area contributed by atoms with Gasteiger partial charge >= 0.3 is 6.01 Å². The van der Waals surface area contributed by atoms with Crippen LogP contribution in [0.25, 0.3) is 32.9 Å². The van der Waals surface area contributed by atoms with E-state index in [-0.39, 0.29) is 50.6 Å². The van der Waals surface area contributed by atoms with Crippen LogP contribution < -0.4 is 15.0 Å². The van der Waals surface area contributed by atoms with Crippen LogP contribution in [-0.2, 0) is 0 Å². The molecule has 2 bridgehead atoms.